The van der Waals surface area contributed by atoms with Gasteiger partial charge in [-0.2, -0.15) is 0 Å². The Morgan fingerprint density at radius 3 is 2.75 bits per heavy atom. The number of allylic oxidation sites excluding steroid dienone is 2. The lowest BCUT2D eigenvalue weighted by Gasteiger charge is -2.17. The second kappa shape index (κ2) is 9.19. The van der Waals surface area contributed by atoms with Gasteiger partial charge in [-0.3, -0.25) is 9.59 Å². The minimum Gasteiger partial charge on any atom is -0.465 e. The summed E-state index contributed by atoms with van der Waals surface area (Å²) in [4.78, 5) is 22.8. The molecule has 0 heterocycles. The van der Waals surface area contributed by atoms with Crippen LogP contribution in [0.15, 0.2) is 12.2 Å². The molecule has 0 saturated carbocycles. The number of ether oxygens (including phenoxy) is 2. The topological polar surface area (TPSA) is 52.6 Å². The molecule has 0 aromatic heterocycles. The summed E-state index contributed by atoms with van der Waals surface area (Å²) >= 11 is 0. The van der Waals surface area contributed by atoms with Crippen molar-refractivity contribution in [3.05, 3.63) is 12.2 Å². The Hall–Kier alpha value is -1.76. The van der Waals surface area contributed by atoms with Crippen molar-refractivity contribution in [3.8, 4) is 12.3 Å². The Morgan fingerprint density at radius 2 is 2.10 bits per heavy atom. The minimum absolute atomic E-state index is 0.188. The van der Waals surface area contributed by atoms with Gasteiger partial charge >= 0.3 is 11.9 Å². The van der Waals surface area contributed by atoms with Crippen LogP contribution in [0.3, 0.4) is 0 Å². The van der Waals surface area contributed by atoms with E-state index >= 15 is 0 Å². The van der Waals surface area contributed by atoms with Gasteiger partial charge in [0.15, 0.2) is 6.10 Å². The lowest BCUT2D eigenvalue weighted by molar-refractivity contribution is -0.147. The zero-order chi connectivity index (χ0) is 14.8. The molecule has 0 aromatic carbocycles. The summed E-state index contributed by atoms with van der Waals surface area (Å²) in [5.41, 5.74) is 0. The molecule has 0 saturated heterocycles. The van der Waals surface area contributed by atoms with Crippen molar-refractivity contribution < 1.29 is 19.1 Å². The first kappa shape index (κ1) is 16.3. The summed E-state index contributed by atoms with van der Waals surface area (Å²) in [6.07, 6.45) is 12.8. The van der Waals surface area contributed by atoms with Crippen LogP contribution < -0.4 is 0 Å². The normalized spacial score (nSPS) is 18.9. The average molecular weight is 278 g/mol. The zero-order valence-corrected chi connectivity index (χ0v) is 12.0. The summed E-state index contributed by atoms with van der Waals surface area (Å²) in [5.74, 6) is 2.12. The molecule has 4 heteroatoms. The summed E-state index contributed by atoms with van der Waals surface area (Å²) in [5, 5.41) is 0. The van der Waals surface area contributed by atoms with Gasteiger partial charge < -0.3 is 9.47 Å². The second-order valence-electron chi connectivity index (χ2n) is 4.99. The molecule has 1 aliphatic carbocycles. The number of hydrogen-bond acceptors (Lipinski definition) is 4. The maximum absolute atomic E-state index is 11.5. The molecular weight excluding hydrogens is 256 g/mol. The van der Waals surface area contributed by atoms with E-state index < -0.39 is 6.10 Å². The number of carbonyl (C=O) groups excluding carboxylic acids is 2. The van der Waals surface area contributed by atoms with E-state index in [9.17, 15) is 9.59 Å². The van der Waals surface area contributed by atoms with Crippen LogP contribution in [0.25, 0.3) is 0 Å². The van der Waals surface area contributed by atoms with Crippen LogP contribution >= 0.6 is 0 Å². The first-order chi connectivity index (χ1) is 9.61. The van der Waals surface area contributed by atoms with E-state index in [1.54, 1.807) is 6.92 Å². The number of hydrogen-bond donors (Lipinski definition) is 0. The van der Waals surface area contributed by atoms with Crippen molar-refractivity contribution >= 4 is 11.9 Å². The van der Waals surface area contributed by atoms with Gasteiger partial charge in [0.25, 0.3) is 0 Å². The SMILES string of the molecule is C#CC(C)OC(=O)CCCC(=O)OCC1CC=CCC1. The van der Waals surface area contributed by atoms with Crippen LogP contribution in [-0.2, 0) is 19.1 Å². The van der Waals surface area contributed by atoms with E-state index in [4.69, 9.17) is 15.9 Å². The maximum Gasteiger partial charge on any atom is 0.307 e. The first-order valence-electron chi connectivity index (χ1n) is 7.08. The number of esters is 2. The number of carbonyl (C=O) groups is 2. The molecule has 4 nitrogen and oxygen atoms in total. The lowest BCUT2D eigenvalue weighted by Crippen LogP contribution is -2.16. The highest BCUT2D eigenvalue weighted by molar-refractivity contribution is 5.72. The van der Waals surface area contributed by atoms with E-state index in [2.05, 4.69) is 18.1 Å². The average Bonchev–Trinajstić information content (AvgIpc) is 2.46. The molecule has 0 radical (unpaired) electrons. The third kappa shape index (κ3) is 6.98. The summed E-state index contributed by atoms with van der Waals surface area (Å²) < 4.78 is 10.1. The second-order valence-corrected chi connectivity index (χ2v) is 4.99. The Balaban J connectivity index is 2.06. The molecule has 1 rings (SSSR count). The Labute approximate surface area is 120 Å². The van der Waals surface area contributed by atoms with Crippen LogP contribution in [0.4, 0.5) is 0 Å². The van der Waals surface area contributed by atoms with Gasteiger partial charge in [-0.05, 0) is 38.5 Å². The molecule has 0 bridgehead atoms. The quantitative estimate of drug-likeness (QED) is 0.408. The molecule has 0 fully saturated rings. The van der Waals surface area contributed by atoms with Crippen molar-refractivity contribution in [2.45, 2.75) is 51.6 Å². The monoisotopic (exact) mass is 278 g/mol. The molecular formula is C16H22O4. The summed E-state index contributed by atoms with van der Waals surface area (Å²) in [7, 11) is 0. The van der Waals surface area contributed by atoms with Crippen LogP contribution in [0.2, 0.25) is 0 Å². The molecule has 2 atom stereocenters. The fraction of sp³-hybridized carbons (Fsp3) is 0.625. The van der Waals surface area contributed by atoms with Gasteiger partial charge in [0, 0.05) is 12.8 Å². The predicted molar refractivity (Wildman–Crippen MR) is 75.7 cm³/mol. The fourth-order valence-electron chi connectivity index (χ4n) is 1.96. The van der Waals surface area contributed by atoms with Gasteiger partial charge in [-0.1, -0.05) is 18.1 Å². The maximum atomic E-state index is 11.5. The highest BCUT2D eigenvalue weighted by Gasteiger charge is 2.13. The van der Waals surface area contributed by atoms with E-state index in [0.717, 1.165) is 19.3 Å². The van der Waals surface area contributed by atoms with Crippen LogP contribution in [-0.4, -0.2) is 24.6 Å². The lowest BCUT2D eigenvalue weighted by atomic mass is 9.95. The van der Waals surface area contributed by atoms with Gasteiger partial charge in [0.1, 0.15) is 0 Å². The van der Waals surface area contributed by atoms with Crippen LogP contribution in [0.5, 0.6) is 0 Å². The van der Waals surface area contributed by atoms with Gasteiger partial charge in [0.2, 0.25) is 0 Å². The van der Waals surface area contributed by atoms with Gasteiger partial charge in [-0.25, -0.2) is 0 Å². The zero-order valence-electron chi connectivity index (χ0n) is 12.0. The van der Waals surface area contributed by atoms with E-state index in [-0.39, 0.29) is 24.8 Å². The highest BCUT2D eigenvalue weighted by atomic mass is 16.5. The molecule has 0 aromatic rings. The molecule has 2 unspecified atom stereocenters. The Morgan fingerprint density at radius 1 is 1.35 bits per heavy atom. The summed E-state index contributed by atoms with van der Waals surface area (Å²) in [6.45, 7) is 2.10. The van der Waals surface area contributed by atoms with Crippen LogP contribution in [0.1, 0.15) is 45.4 Å². The molecule has 0 amide bonds. The van der Waals surface area contributed by atoms with Crippen molar-refractivity contribution in [3.63, 3.8) is 0 Å². The Kier molecular flexibility index (Phi) is 7.49. The first-order valence-corrected chi connectivity index (χ1v) is 7.08. The van der Waals surface area contributed by atoms with Crippen molar-refractivity contribution in [1.82, 2.24) is 0 Å². The van der Waals surface area contributed by atoms with Crippen LogP contribution in [0, 0.1) is 18.3 Å². The molecule has 0 aliphatic heterocycles. The minimum atomic E-state index is -0.520. The number of rotatable bonds is 7. The standard InChI is InChI=1S/C16H22O4/c1-3-13(2)20-16(18)11-7-10-15(17)19-12-14-8-5-4-6-9-14/h1,4-5,13-14H,6-12H2,2H3. The molecule has 0 N–H and O–H groups in total. The van der Waals surface area contributed by atoms with E-state index in [0.29, 0.717) is 18.9 Å². The number of terminal acetylenes is 1. The smallest absolute Gasteiger partial charge is 0.307 e. The van der Waals surface area contributed by atoms with Gasteiger partial charge in [-0.15, -0.1) is 6.42 Å². The highest BCUT2D eigenvalue weighted by Crippen LogP contribution is 2.18. The molecule has 1 aliphatic rings. The third-order valence-electron chi connectivity index (χ3n) is 3.16. The van der Waals surface area contributed by atoms with Crippen molar-refractivity contribution in [2.75, 3.05) is 6.61 Å². The van der Waals surface area contributed by atoms with Gasteiger partial charge in [0.05, 0.1) is 6.61 Å². The molecule has 110 valence electrons. The van der Waals surface area contributed by atoms with E-state index in [1.807, 2.05) is 0 Å². The largest absolute Gasteiger partial charge is 0.465 e. The molecule has 20 heavy (non-hydrogen) atoms. The predicted octanol–water partition coefficient (Wildman–Crippen LogP) is 2.62. The summed E-state index contributed by atoms with van der Waals surface area (Å²) in [6, 6.07) is 0. The third-order valence-corrected chi connectivity index (χ3v) is 3.16. The fourth-order valence-corrected chi connectivity index (χ4v) is 1.96. The van der Waals surface area contributed by atoms with Crippen molar-refractivity contribution in [1.29, 1.82) is 0 Å². The molecule has 0 spiro atoms. The Bertz CT molecular complexity index is 392. The van der Waals surface area contributed by atoms with E-state index in [1.165, 1.54) is 0 Å². The van der Waals surface area contributed by atoms with Crippen molar-refractivity contribution in [2.24, 2.45) is 5.92 Å².